The average Bonchev–Trinajstić information content (AvgIpc) is 2.36. The molecule has 0 aliphatic carbocycles. The summed E-state index contributed by atoms with van der Waals surface area (Å²) < 4.78 is 28.0. The summed E-state index contributed by atoms with van der Waals surface area (Å²) in [4.78, 5) is 11.6. The summed E-state index contributed by atoms with van der Waals surface area (Å²) in [5.74, 6) is -0.536. The smallest absolute Gasteiger partial charge is 0.387 e. The Morgan fingerprint density at radius 3 is 2.47 bits per heavy atom. The molecule has 0 fully saturated rings. The number of rotatable bonds is 6. The molecule has 0 heterocycles. The fourth-order valence-electron chi connectivity index (χ4n) is 1.22. The summed E-state index contributed by atoms with van der Waals surface area (Å²) in [5.41, 5.74) is -1.18. The lowest BCUT2D eigenvalue weighted by atomic mass is 10.1. The van der Waals surface area contributed by atoms with Gasteiger partial charge in [0.25, 0.3) is 5.91 Å². The normalized spacial score (nSPS) is 14.0. The topological polar surface area (TPSA) is 78.8 Å². The lowest BCUT2D eigenvalue weighted by molar-refractivity contribution is -0.0498. The highest BCUT2D eigenvalue weighted by molar-refractivity contribution is 5.94. The predicted molar refractivity (Wildman–Crippen MR) is 63.1 cm³/mol. The molecule has 1 rings (SSSR count). The van der Waals surface area contributed by atoms with Crippen LogP contribution < -0.4 is 10.1 Å². The predicted octanol–water partition coefficient (Wildman–Crippen LogP) is 0.761. The number of aliphatic hydroxyl groups excluding tert-OH is 1. The number of alkyl halides is 2. The molecule has 0 aromatic heterocycles. The van der Waals surface area contributed by atoms with E-state index in [4.69, 9.17) is 5.11 Å². The molecule has 5 nitrogen and oxygen atoms in total. The van der Waals surface area contributed by atoms with Crippen molar-refractivity contribution in [2.24, 2.45) is 0 Å². The number of ether oxygens (including phenoxy) is 1. The van der Waals surface area contributed by atoms with Crippen LogP contribution in [-0.2, 0) is 0 Å². The van der Waals surface area contributed by atoms with Crippen molar-refractivity contribution in [1.82, 2.24) is 5.32 Å². The molecule has 0 bridgehead atoms. The van der Waals surface area contributed by atoms with Gasteiger partial charge in [-0.2, -0.15) is 8.78 Å². The maximum Gasteiger partial charge on any atom is 0.387 e. The number of hydrogen-bond acceptors (Lipinski definition) is 4. The Hall–Kier alpha value is -1.73. The van der Waals surface area contributed by atoms with E-state index in [2.05, 4.69) is 10.1 Å². The first-order chi connectivity index (χ1) is 8.84. The molecule has 0 aliphatic rings. The standard InChI is InChI=1S/C12H15F2NO4/c1-12(18,7-16)6-15-10(17)8-2-4-9(5-3-8)19-11(13)14/h2-5,11,16,18H,6-7H2,1H3,(H,15,17). The lowest BCUT2D eigenvalue weighted by Crippen LogP contribution is -2.43. The molecule has 19 heavy (non-hydrogen) atoms. The SMILES string of the molecule is CC(O)(CO)CNC(=O)c1ccc(OC(F)F)cc1. The van der Waals surface area contributed by atoms with E-state index in [1.165, 1.54) is 31.2 Å². The Bertz CT molecular complexity index is 420. The third kappa shape index (κ3) is 5.19. The summed E-state index contributed by atoms with van der Waals surface area (Å²) in [6.45, 7) is -2.17. The minimum Gasteiger partial charge on any atom is -0.435 e. The molecular formula is C12H15F2NO4. The Morgan fingerprint density at radius 2 is 2.00 bits per heavy atom. The first kappa shape index (κ1) is 15.3. The van der Waals surface area contributed by atoms with Crippen LogP contribution in [0.5, 0.6) is 5.75 Å². The van der Waals surface area contributed by atoms with E-state index in [0.29, 0.717) is 0 Å². The minimum absolute atomic E-state index is 0.0473. The Labute approximate surface area is 108 Å². The molecule has 0 saturated heterocycles. The van der Waals surface area contributed by atoms with Gasteiger partial charge in [-0.3, -0.25) is 4.79 Å². The molecule has 7 heteroatoms. The summed E-state index contributed by atoms with van der Waals surface area (Å²) >= 11 is 0. The molecule has 0 aliphatic heterocycles. The number of aliphatic hydroxyl groups is 2. The first-order valence-corrected chi connectivity index (χ1v) is 5.50. The molecule has 1 unspecified atom stereocenters. The second-order valence-corrected chi connectivity index (χ2v) is 4.24. The quantitative estimate of drug-likeness (QED) is 0.716. The number of amides is 1. The van der Waals surface area contributed by atoms with E-state index in [0.717, 1.165) is 0 Å². The average molecular weight is 275 g/mol. The lowest BCUT2D eigenvalue weighted by Gasteiger charge is -2.20. The first-order valence-electron chi connectivity index (χ1n) is 5.50. The van der Waals surface area contributed by atoms with E-state index in [-0.39, 0.29) is 17.9 Å². The van der Waals surface area contributed by atoms with E-state index >= 15 is 0 Å². The monoisotopic (exact) mass is 275 g/mol. The molecule has 0 saturated carbocycles. The van der Waals surface area contributed by atoms with Gasteiger partial charge in [0, 0.05) is 12.1 Å². The van der Waals surface area contributed by atoms with Crippen molar-refractivity contribution in [2.45, 2.75) is 19.1 Å². The van der Waals surface area contributed by atoms with Crippen LogP contribution in [0, 0.1) is 0 Å². The molecule has 106 valence electrons. The van der Waals surface area contributed by atoms with Crippen molar-refractivity contribution in [3.63, 3.8) is 0 Å². The van der Waals surface area contributed by atoms with Gasteiger partial charge in [0.1, 0.15) is 11.4 Å². The van der Waals surface area contributed by atoms with Crippen LogP contribution in [0.3, 0.4) is 0 Å². The number of carbonyl (C=O) groups excluding carboxylic acids is 1. The van der Waals surface area contributed by atoms with Crippen molar-refractivity contribution in [1.29, 1.82) is 0 Å². The highest BCUT2D eigenvalue weighted by Gasteiger charge is 2.20. The molecule has 3 N–H and O–H groups in total. The van der Waals surface area contributed by atoms with Crippen LogP contribution >= 0.6 is 0 Å². The molecule has 1 aromatic carbocycles. The van der Waals surface area contributed by atoms with Crippen molar-refractivity contribution >= 4 is 5.91 Å². The van der Waals surface area contributed by atoms with E-state index in [1.54, 1.807) is 0 Å². The zero-order valence-corrected chi connectivity index (χ0v) is 10.3. The number of benzene rings is 1. The number of nitrogens with one attached hydrogen (secondary N) is 1. The van der Waals surface area contributed by atoms with Crippen molar-refractivity contribution in [3.05, 3.63) is 29.8 Å². The van der Waals surface area contributed by atoms with E-state index in [1.807, 2.05) is 0 Å². The fourth-order valence-corrected chi connectivity index (χ4v) is 1.22. The van der Waals surface area contributed by atoms with Gasteiger partial charge in [-0.05, 0) is 31.2 Å². The second kappa shape index (κ2) is 6.44. The number of hydrogen-bond donors (Lipinski definition) is 3. The van der Waals surface area contributed by atoms with Crippen LogP contribution in [0.1, 0.15) is 17.3 Å². The summed E-state index contributed by atoms with van der Waals surface area (Å²) in [6.07, 6.45) is 0. The van der Waals surface area contributed by atoms with Crippen LogP contribution in [0.4, 0.5) is 8.78 Å². The minimum atomic E-state index is -2.92. The molecule has 0 radical (unpaired) electrons. The van der Waals surface area contributed by atoms with Gasteiger partial charge in [0.05, 0.1) is 6.61 Å². The van der Waals surface area contributed by atoms with Gasteiger partial charge in [-0.25, -0.2) is 0 Å². The van der Waals surface area contributed by atoms with E-state index < -0.39 is 24.7 Å². The fraction of sp³-hybridized carbons (Fsp3) is 0.417. The second-order valence-electron chi connectivity index (χ2n) is 4.24. The third-order valence-corrected chi connectivity index (χ3v) is 2.31. The van der Waals surface area contributed by atoms with E-state index in [9.17, 15) is 18.7 Å². The summed E-state index contributed by atoms with van der Waals surface area (Å²) in [6, 6.07) is 5.12. The summed E-state index contributed by atoms with van der Waals surface area (Å²) in [5, 5.41) is 20.7. The Balaban J connectivity index is 2.58. The zero-order chi connectivity index (χ0) is 14.5. The maximum absolute atomic E-state index is 11.9. The molecule has 0 spiro atoms. The largest absolute Gasteiger partial charge is 0.435 e. The Morgan fingerprint density at radius 1 is 1.42 bits per heavy atom. The zero-order valence-electron chi connectivity index (χ0n) is 10.3. The van der Waals surface area contributed by atoms with Crippen molar-refractivity contribution < 1.29 is 28.5 Å². The maximum atomic E-state index is 11.9. The van der Waals surface area contributed by atoms with Crippen LogP contribution in [0.15, 0.2) is 24.3 Å². The molecular weight excluding hydrogens is 260 g/mol. The van der Waals surface area contributed by atoms with Gasteiger partial charge in [-0.1, -0.05) is 0 Å². The van der Waals surface area contributed by atoms with Gasteiger partial charge < -0.3 is 20.3 Å². The number of carbonyl (C=O) groups is 1. The number of halogens is 2. The molecule has 1 amide bonds. The Kier molecular flexibility index (Phi) is 5.20. The highest BCUT2D eigenvalue weighted by atomic mass is 19.3. The van der Waals surface area contributed by atoms with Crippen LogP contribution in [0.2, 0.25) is 0 Å². The van der Waals surface area contributed by atoms with Gasteiger partial charge in [0.15, 0.2) is 0 Å². The van der Waals surface area contributed by atoms with Crippen LogP contribution in [0.25, 0.3) is 0 Å². The van der Waals surface area contributed by atoms with Crippen molar-refractivity contribution in [2.75, 3.05) is 13.2 Å². The summed E-state index contributed by atoms with van der Waals surface area (Å²) in [7, 11) is 0. The van der Waals surface area contributed by atoms with Gasteiger partial charge >= 0.3 is 6.61 Å². The highest BCUT2D eigenvalue weighted by Crippen LogP contribution is 2.14. The van der Waals surface area contributed by atoms with Crippen LogP contribution in [-0.4, -0.2) is 41.5 Å². The van der Waals surface area contributed by atoms with Gasteiger partial charge in [-0.15, -0.1) is 0 Å². The van der Waals surface area contributed by atoms with Gasteiger partial charge in [0.2, 0.25) is 0 Å². The molecule has 1 atom stereocenters. The third-order valence-electron chi connectivity index (χ3n) is 2.31. The van der Waals surface area contributed by atoms with Crippen molar-refractivity contribution in [3.8, 4) is 5.75 Å². The molecule has 1 aromatic rings.